The Kier molecular flexibility index (Phi) is 2.78. The van der Waals surface area contributed by atoms with Crippen LogP contribution in [0.2, 0.25) is 0 Å². The Morgan fingerprint density at radius 2 is 2.33 bits per heavy atom. The van der Waals surface area contributed by atoms with Crippen LogP contribution in [0.1, 0.15) is 19.4 Å². The van der Waals surface area contributed by atoms with E-state index < -0.39 is 0 Å². The minimum absolute atomic E-state index is 0.213. The van der Waals surface area contributed by atoms with Crippen LogP contribution in [0.3, 0.4) is 0 Å². The van der Waals surface area contributed by atoms with E-state index in [1.807, 2.05) is 6.92 Å². The van der Waals surface area contributed by atoms with Gasteiger partial charge >= 0.3 is 0 Å². The number of nitrogens with two attached hydrogens (primary N) is 1. The lowest BCUT2D eigenvalue weighted by Crippen LogP contribution is -2.28. The van der Waals surface area contributed by atoms with E-state index in [0.29, 0.717) is 5.92 Å². The second-order valence-corrected chi connectivity index (χ2v) is 4.40. The van der Waals surface area contributed by atoms with E-state index in [4.69, 9.17) is 5.73 Å². The highest BCUT2D eigenvalue weighted by molar-refractivity contribution is 5.46. The van der Waals surface area contributed by atoms with Crippen LogP contribution in [0, 0.1) is 5.92 Å². The molecule has 1 aromatic heterocycles. The highest BCUT2D eigenvalue weighted by Crippen LogP contribution is 2.02. The van der Waals surface area contributed by atoms with Crippen LogP contribution in [-0.4, -0.2) is 11.0 Å². The molecule has 1 aliphatic rings. The Hall–Kier alpha value is -1.28. The average Bonchev–Trinajstić information content (AvgIpc) is 2.43. The quantitative estimate of drug-likeness (QED) is 0.727. The molecule has 1 unspecified atom stereocenters. The zero-order valence-electron chi connectivity index (χ0n) is 9.33. The lowest BCUT2D eigenvalue weighted by molar-refractivity contribution is 0.736. The van der Waals surface area contributed by atoms with Crippen molar-refractivity contribution < 1.29 is 0 Å². The zero-order valence-corrected chi connectivity index (χ0v) is 9.33. The first-order valence-electron chi connectivity index (χ1n) is 5.49. The van der Waals surface area contributed by atoms with Crippen molar-refractivity contribution in [2.75, 3.05) is 0 Å². The van der Waals surface area contributed by atoms with Crippen LogP contribution in [0.25, 0.3) is 12.2 Å². The van der Waals surface area contributed by atoms with Gasteiger partial charge in [-0.3, -0.25) is 0 Å². The Morgan fingerprint density at radius 3 is 3.07 bits per heavy atom. The Bertz CT molecular complexity index is 477. The zero-order chi connectivity index (χ0) is 10.8. The standard InChI is InChI=1S/C13H18N2/c1-9-4-3-5-13-12(6-9)11(8-15-13)7-10(2)14/h3-6,8-10,15H,7,14H2,1-2H3/t9?,10-/m1/s1. The van der Waals surface area contributed by atoms with E-state index in [1.54, 1.807) is 0 Å². The predicted octanol–water partition coefficient (Wildman–Crippen LogP) is 0.671. The molecule has 3 N–H and O–H groups in total. The molecule has 0 bridgehead atoms. The van der Waals surface area contributed by atoms with Crippen LogP contribution in [-0.2, 0) is 6.42 Å². The molecule has 80 valence electrons. The van der Waals surface area contributed by atoms with Crippen molar-refractivity contribution in [3.8, 4) is 0 Å². The van der Waals surface area contributed by atoms with Gasteiger partial charge in [0, 0.05) is 17.6 Å². The van der Waals surface area contributed by atoms with Crippen molar-refractivity contribution in [1.82, 2.24) is 4.98 Å². The maximum Gasteiger partial charge on any atom is 0.0453 e. The van der Waals surface area contributed by atoms with Crippen LogP contribution >= 0.6 is 0 Å². The van der Waals surface area contributed by atoms with E-state index in [1.165, 1.54) is 16.1 Å². The molecule has 1 heterocycles. The molecule has 2 heteroatoms. The van der Waals surface area contributed by atoms with E-state index in [2.05, 4.69) is 42.4 Å². The molecule has 2 rings (SSSR count). The normalized spacial score (nSPS) is 21.1. The third-order valence-electron chi connectivity index (χ3n) is 2.69. The van der Waals surface area contributed by atoms with Gasteiger partial charge in [-0.25, -0.2) is 0 Å². The molecule has 0 saturated heterocycles. The Balaban J connectivity index is 2.51. The molecule has 0 aliphatic heterocycles. The number of H-pyrrole nitrogens is 1. The molecule has 15 heavy (non-hydrogen) atoms. The maximum atomic E-state index is 5.84. The van der Waals surface area contributed by atoms with Crippen molar-refractivity contribution in [3.63, 3.8) is 0 Å². The minimum Gasteiger partial charge on any atom is -0.361 e. The third kappa shape index (κ3) is 2.21. The largest absolute Gasteiger partial charge is 0.361 e. The molecule has 2 nitrogen and oxygen atoms in total. The van der Waals surface area contributed by atoms with Crippen LogP contribution in [0.4, 0.5) is 0 Å². The summed E-state index contributed by atoms with van der Waals surface area (Å²) in [5.41, 5.74) is 7.16. The summed E-state index contributed by atoms with van der Waals surface area (Å²) in [6.45, 7) is 4.24. The van der Waals surface area contributed by atoms with Crippen LogP contribution < -0.4 is 16.3 Å². The van der Waals surface area contributed by atoms with Crippen LogP contribution in [0.5, 0.6) is 0 Å². The number of aromatic amines is 1. The monoisotopic (exact) mass is 202 g/mol. The lowest BCUT2D eigenvalue weighted by Gasteiger charge is -2.02. The lowest BCUT2D eigenvalue weighted by atomic mass is 10.1. The first kappa shape index (κ1) is 10.2. The van der Waals surface area contributed by atoms with Gasteiger partial charge in [0.2, 0.25) is 0 Å². The molecule has 0 saturated carbocycles. The molecule has 0 radical (unpaired) electrons. The summed E-state index contributed by atoms with van der Waals surface area (Å²) in [4.78, 5) is 3.30. The molecular weight excluding hydrogens is 184 g/mol. The number of allylic oxidation sites excluding steroid dienone is 2. The molecule has 0 spiro atoms. The van der Waals surface area contributed by atoms with Gasteiger partial charge in [0.25, 0.3) is 0 Å². The van der Waals surface area contributed by atoms with E-state index in [9.17, 15) is 0 Å². The van der Waals surface area contributed by atoms with E-state index in [0.717, 1.165) is 6.42 Å². The van der Waals surface area contributed by atoms with Gasteiger partial charge in [0.05, 0.1) is 0 Å². The Labute approximate surface area is 90.2 Å². The minimum atomic E-state index is 0.213. The summed E-state index contributed by atoms with van der Waals surface area (Å²) in [5.74, 6) is 0.491. The fraction of sp³-hybridized carbons (Fsp3) is 0.385. The topological polar surface area (TPSA) is 41.8 Å². The van der Waals surface area contributed by atoms with E-state index in [-0.39, 0.29) is 6.04 Å². The van der Waals surface area contributed by atoms with Gasteiger partial charge in [0.1, 0.15) is 0 Å². The summed E-state index contributed by atoms with van der Waals surface area (Å²) in [6, 6.07) is 0.213. The van der Waals surface area contributed by atoms with Crippen molar-refractivity contribution in [3.05, 3.63) is 34.5 Å². The highest BCUT2D eigenvalue weighted by Gasteiger charge is 2.04. The smallest absolute Gasteiger partial charge is 0.0453 e. The second-order valence-electron chi connectivity index (χ2n) is 4.40. The van der Waals surface area contributed by atoms with Crippen molar-refractivity contribution >= 4 is 12.2 Å². The summed E-state index contributed by atoms with van der Waals surface area (Å²) in [7, 11) is 0. The molecular formula is C13H18N2. The predicted molar refractivity (Wildman–Crippen MR) is 64.6 cm³/mol. The summed E-state index contributed by atoms with van der Waals surface area (Å²) >= 11 is 0. The Morgan fingerprint density at radius 1 is 1.53 bits per heavy atom. The van der Waals surface area contributed by atoms with Gasteiger partial charge < -0.3 is 10.7 Å². The molecule has 0 aromatic carbocycles. The van der Waals surface area contributed by atoms with Gasteiger partial charge in [-0.2, -0.15) is 0 Å². The van der Waals surface area contributed by atoms with Gasteiger partial charge in [-0.1, -0.05) is 25.2 Å². The highest BCUT2D eigenvalue weighted by atomic mass is 14.7. The number of nitrogens with one attached hydrogen (secondary N) is 1. The van der Waals surface area contributed by atoms with Crippen molar-refractivity contribution in [2.45, 2.75) is 26.3 Å². The number of rotatable bonds is 2. The fourth-order valence-electron chi connectivity index (χ4n) is 1.99. The third-order valence-corrected chi connectivity index (χ3v) is 2.69. The van der Waals surface area contributed by atoms with E-state index >= 15 is 0 Å². The number of hydrogen-bond acceptors (Lipinski definition) is 1. The molecule has 1 aliphatic carbocycles. The summed E-state index contributed by atoms with van der Waals surface area (Å²) in [5, 5.41) is 2.52. The SMILES string of the molecule is CC1C=CC=c2[nH]cc(C[C@@H](C)N)c2=C1. The molecule has 0 amide bonds. The molecule has 1 aromatic rings. The summed E-state index contributed by atoms with van der Waals surface area (Å²) < 4.78 is 0. The van der Waals surface area contributed by atoms with Crippen molar-refractivity contribution in [1.29, 1.82) is 0 Å². The average molecular weight is 202 g/mol. The summed E-state index contributed by atoms with van der Waals surface area (Å²) in [6.07, 6.45) is 11.7. The first-order valence-corrected chi connectivity index (χ1v) is 5.49. The van der Waals surface area contributed by atoms with Gasteiger partial charge in [0.15, 0.2) is 0 Å². The number of hydrogen-bond donors (Lipinski definition) is 2. The van der Waals surface area contributed by atoms with Gasteiger partial charge in [-0.15, -0.1) is 0 Å². The first-order chi connectivity index (χ1) is 7.16. The maximum absolute atomic E-state index is 5.84. The molecule has 2 atom stereocenters. The second kappa shape index (κ2) is 4.07. The van der Waals surface area contributed by atoms with Crippen LogP contribution in [0.15, 0.2) is 18.3 Å². The number of fused-ring (bicyclic) bond motifs is 1. The van der Waals surface area contributed by atoms with Crippen molar-refractivity contribution in [2.24, 2.45) is 11.7 Å². The fourth-order valence-corrected chi connectivity index (χ4v) is 1.99. The molecule has 0 fully saturated rings. The number of aromatic nitrogens is 1. The van der Waals surface area contributed by atoms with Gasteiger partial charge in [-0.05, 0) is 36.1 Å².